The molecule has 0 saturated heterocycles. The molecular weight excluding hydrogens is 108 g/mol. The minimum Gasteiger partial charge on any atom is -0.0683 e. The summed E-state index contributed by atoms with van der Waals surface area (Å²) >= 11 is 0. The van der Waals surface area contributed by atoms with E-state index in [0.717, 1.165) is 0 Å². The number of rotatable bonds is 0. The molecule has 2 saturated carbocycles. The van der Waals surface area contributed by atoms with Gasteiger partial charge in [-0.15, -0.1) is 0 Å². The first-order valence-corrected chi connectivity index (χ1v) is 4.47. The van der Waals surface area contributed by atoms with Gasteiger partial charge in [-0.1, -0.05) is 39.5 Å². The quantitative estimate of drug-likeness (QED) is 0.467. The first-order valence-electron chi connectivity index (χ1n) is 4.47. The molecule has 0 spiro atoms. The Balaban J connectivity index is 0.000000186. The molecule has 2 atom stereocenters. The zero-order valence-electron chi connectivity index (χ0n) is 6.69. The van der Waals surface area contributed by atoms with Crippen LogP contribution < -0.4 is 0 Å². The van der Waals surface area contributed by atoms with Crippen LogP contribution in [0.3, 0.4) is 0 Å². The molecule has 2 unspecified atom stereocenters. The molecule has 2 fully saturated rings. The summed E-state index contributed by atoms with van der Waals surface area (Å²) in [6, 6.07) is 0. The summed E-state index contributed by atoms with van der Waals surface area (Å²) in [4.78, 5) is 0. The van der Waals surface area contributed by atoms with Crippen LogP contribution in [0, 0.1) is 11.8 Å². The number of hydrogen-bond donors (Lipinski definition) is 0. The van der Waals surface area contributed by atoms with Gasteiger partial charge in [-0.2, -0.15) is 0 Å². The molecule has 0 amide bonds. The molecule has 0 aromatic rings. The zero-order chi connectivity index (χ0) is 6.69. The summed E-state index contributed by atoms with van der Waals surface area (Å²) in [7, 11) is 0. The molecule has 0 radical (unpaired) electrons. The predicted octanol–water partition coefficient (Wildman–Crippen LogP) is 3.22. The van der Waals surface area contributed by atoms with Gasteiger partial charge in [0.15, 0.2) is 0 Å². The molecule has 0 aliphatic heterocycles. The molecular formula is C9H18. The lowest BCUT2D eigenvalue weighted by molar-refractivity contribution is 0.480. The Morgan fingerprint density at radius 3 is 1.67 bits per heavy atom. The third kappa shape index (κ3) is 1.70. The standard InChI is InChI=1S/C7H12.C2H6/c1-2-4-7-5-6(7)3-1;1-2/h6-7H,1-5H2;1-2H3. The van der Waals surface area contributed by atoms with Gasteiger partial charge in [-0.25, -0.2) is 0 Å². The normalized spacial score (nSPS) is 38.0. The van der Waals surface area contributed by atoms with Gasteiger partial charge in [0.2, 0.25) is 0 Å². The fourth-order valence-corrected chi connectivity index (χ4v) is 1.83. The summed E-state index contributed by atoms with van der Waals surface area (Å²) in [6.45, 7) is 4.00. The van der Waals surface area contributed by atoms with Crippen LogP contribution in [-0.2, 0) is 0 Å². The Labute approximate surface area is 58.7 Å². The van der Waals surface area contributed by atoms with Crippen LogP contribution in [0.2, 0.25) is 0 Å². The van der Waals surface area contributed by atoms with Crippen LogP contribution in [0.1, 0.15) is 46.0 Å². The number of hydrogen-bond acceptors (Lipinski definition) is 0. The maximum atomic E-state index is 2.00. The molecule has 0 heterocycles. The lowest BCUT2D eigenvalue weighted by atomic mass is 10.0. The Morgan fingerprint density at radius 2 is 1.33 bits per heavy atom. The van der Waals surface area contributed by atoms with E-state index in [1.54, 1.807) is 19.3 Å². The van der Waals surface area contributed by atoms with E-state index in [-0.39, 0.29) is 0 Å². The van der Waals surface area contributed by atoms with Crippen molar-refractivity contribution in [2.24, 2.45) is 11.8 Å². The van der Waals surface area contributed by atoms with Crippen molar-refractivity contribution in [2.75, 3.05) is 0 Å². The Hall–Kier alpha value is 0. The summed E-state index contributed by atoms with van der Waals surface area (Å²) in [5.74, 6) is 2.41. The van der Waals surface area contributed by atoms with Crippen molar-refractivity contribution in [2.45, 2.75) is 46.0 Å². The molecule has 0 nitrogen and oxygen atoms in total. The van der Waals surface area contributed by atoms with Gasteiger partial charge < -0.3 is 0 Å². The number of fused-ring (bicyclic) bond motifs is 1. The van der Waals surface area contributed by atoms with Crippen LogP contribution in [0.5, 0.6) is 0 Å². The highest BCUT2D eigenvalue weighted by Crippen LogP contribution is 2.49. The lowest BCUT2D eigenvalue weighted by Crippen LogP contribution is -1.91. The molecule has 9 heavy (non-hydrogen) atoms. The van der Waals surface area contributed by atoms with E-state index in [9.17, 15) is 0 Å². The van der Waals surface area contributed by atoms with Gasteiger partial charge in [-0.05, 0) is 18.3 Å². The summed E-state index contributed by atoms with van der Waals surface area (Å²) < 4.78 is 0. The van der Waals surface area contributed by atoms with Crippen molar-refractivity contribution in [3.8, 4) is 0 Å². The third-order valence-corrected chi connectivity index (χ3v) is 2.47. The highest BCUT2D eigenvalue weighted by molar-refractivity contribution is 4.88. The average molecular weight is 126 g/mol. The molecule has 54 valence electrons. The van der Waals surface area contributed by atoms with Crippen molar-refractivity contribution in [1.82, 2.24) is 0 Å². The monoisotopic (exact) mass is 126 g/mol. The maximum absolute atomic E-state index is 2.00. The highest BCUT2D eigenvalue weighted by atomic mass is 14.4. The van der Waals surface area contributed by atoms with Gasteiger partial charge in [0.25, 0.3) is 0 Å². The molecule has 2 aliphatic rings. The van der Waals surface area contributed by atoms with Crippen molar-refractivity contribution in [1.29, 1.82) is 0 Å². The topological polar surface area (TPSA) is 0 Å². The van der Waals surface area contributed by atoms with Crippen molar-refractivity contribution < 1.29 is 0 Å². The van der Waals surface area contributed by atoms with E-state index < -0.39 is 0 Å². The Kier molecular flexibility index (Phi) is 2.56. The second kappa shape index (κ2) is 3.24. The minimum absolute atomic E-state index is 1.20. The third-order valence-electron chi connectivity index (χ3n) is 2.47. The summed E-state index contributed by atoms with van der Waals surface area (Å²) in [5, 5.41) is 0. The van der Waals surface area contributed by atoms with Crippen LogP contribution in [0.15, 0.2) is 0 Å². The van der Waals surface area contributed by atoms with Crippen LogP contribution in [0.4, 0.5) is 0 Å². The first kappa shape index (κ1) is 7.11. The molecule has 2 aliphatic carbocycles. The van der Waals surface area contributed by atoms with Crippen LogP contribution in [0.25, 0.3) is 0 Å². The lowest BCUT2D eigenvalue weighted by Gasteiger charge is -2.05. The summed E-state index contributed by atoms with van der Waals surface area (Å²) in [5.41, 5.74) is 0. The zero-order valence-corrected chi connectivity index (χ0v) is 6.69. The molecule has 0 N–H and O–H groups in total. The fourth-order valence-electron chi connectivity index (χ4n) is 1.83. The van der Waals surface area contributed by atoms with Crippen LogP contribution >= 0.6 is 0 Å². The van der Waals surface area contributed by atoms with Crippen molar-refractivity contribution in [3.05, 3.63) is 0 Å². The Bertz CT molecular complexity index is 66.1. The van der Waals surface area contributed by atoms with Gasteiger partial charge in [-0.3, -0.25) is 0 Å². The van der Waals surface area contributed by atoms with E-state index in [0.29, 0.717) is 0 Å². The highest BCUT2D eigenvalue weighted by Gasteiger charge is 2.37. The SMILES string of the molecule is C1CCC2CC2C1.CC. The van der Waals surface area contributed by atoms with Crippen LogP contribution in [-0.4, -0.2) is 0 Å². The van der Waals surface area contributed by atoms with E-state index in [2.05, 4.69) is 0 Å². The van der Waals surface area contributed by atoms with Gasteiger partial charge >= 0.3 is 0 Å². The van der Waals surface area contributed by atoms with Gasteiger partial charge in [0.05, 0.1) is 0 Å². The predicted molar refractivity (Wildman–Crippen MR) is 41.4 cm³/mol. The fraction of sp³-hybridized carbons (Fsp3) is 1.00. The van der Waals surface area contributed by atoms with E-state index in [1.165, 1.54) is 24.7 Å². The first-order chi connectivity index (χ1) is 4.47. The maximum Gasteiger partial charge on any atom is -0.0383 e. The van der Waals surface area contributed by atoms with Gasteiger partial charge in [0.1, 0.15) is 0 Å². The van der Waals surface area contributed by atoms with E-state index >= 15 is 0 Å². The molecule has 0 aromatic heterocycles. The minimum atomic E-state index is 1.20. The smallest absolute Gasteiger partial charge is 0.0383 e. The van der Waals surface area contributed by atoms with Crippen molar-refractivity contribution >= 4 is 0 Å². The molecule has 2 rings (SSSR count). The molecule has 0 aromatic carbocycles. The van der Waals surface area contributed by atoms with E-state index in [1.807, 2.05) is 13.8 Å². The molecule has 0 bridgehead atoms. The second-order valence-corrected chi connectivity index (χ2v) is 3.04. The van der Waals surface area contributed by atoms with Gasteiger partial charge in [0, 0.05) is 0 Å². The molecule has 0 heteroatoms. The second-order valence-electron chi connectivity index (χ2n) is 3.04. The largest absolute Gasteiger partial charge is 0.0683 e. The van der Waals surface area contributed by atoms with E-state index in [4.69, 9.17) is 0 Å². The average Bonchev–Trinajstić information content (AvgIpc) is 2.69. The van der Waals surface area contributed by atoms with Crippen molar-refractivity contribution in [3.63, 3.8) is 0 Å². The summed E-state index contributed by atoms with van der Waals surface area (Å²) in [6.07, 6.45) is 7.76. The Morgan fingerprint density at radius 1 is 0.889 bits per heavy atom.